The highest BCUT2D eigenvalue weighted by Crippen LogP contribution is 2.49. The number of rotatable bonds is 6. The lowest BCUT2D eigenvalue weighted by atomic mass is 9.70. The van der Waals surface area contributed by atoms with Gasteiger partial charge in [-0.2, -0.15) is 0 Å². The van der Waals surface area contributed by atoms with Crippen LogP contribution in [0.4, 0.5) is 0 Å². The molecule has 5 atom stereocenters. The van der Waals surface area contributed by atoms with Crippen molar-refractivity contribution in [1.82, 2.24) is 4.90 Å². The van der Waals surface area contributed by atoms with Gasteiger partial charge in [0.25, 0.3) is 5.91 Å². The molecule has 1 fully saturated rings. The quantitative estimate of drug-likeness (QED) is 0.699. The Balaban J connectivity index is 1.77. The fraction of sp³-hybridized carbons (Fsp3) is 0.583. The van der Waals surface area contributed by atoms with E-state index in [-0.39, 0.29) is 41.1 Å². The molecule has 0 aromatic heterocycles. The summed E-state index contributed by atoms with van der Waals surface area (Å²) < 4.78 is 16.7. The highest BCUT2D eigenvalue weighted by Gasteiger charge is 2.53. The number of carbonyl (C=O) groups is 2. The van der Waals surface area contributed by atoms with Crippen LogP contribution >= 0.6 is 0 Å². The van der Waals surface area contributed by atoms with Crippen molar-refractivity contribution in [3.05, 3.63) is 35.1 Å². The van der Waals surface area contributed by atoms with Gasteiger partial charge in [0.2, 0.25) is 0 Å². The third-order valence-electron chi connectivity index (χ3n) is 6.80. The predicted octanol–water partition coefficient (Wildman–Crippen LogP) is 3.22. The summed E-state index contributed by atoms with van der Waals surface area (Å²) in [5, 5.41) is 10.0. The number of nitrogens with zero attached hydrogens (tertiary/aromatic N) is 1. The minimum Gasteiger partial charge on any atom is -0.504 e. The number of phenolic OH excluding ortho intramolecular Hbond substituents is 1. The van der Waals surface area contributed by atoms with Gasteiger partial charge in [-0.1, -0.05) is 19.9 Å². The molecule has 3 aliphatic rings. The number of hydrogen-bond acceptors (Lipinski definition) is 6. The summed E-state index contributed by atoms with van der Waals surface area (Å²) in [7, 11) is 3.10. The van der Waals surface area contributed by atoms with Crippen LogP contribution in [-0.4, -0.2) is 55.2 Å². The Morgan fingerprint density at radius 1 is 1.19 bits per heavy atom. The first-order valence-electron chi connectivity index (χ1n) is 11.0. The van der Waals surface area contributed by atoms with Crippen molar-refractivity contribution in [1.29, 1.82) is 0 Å². The molecule has 0 radical (unpaired) electrons. The molecule has 1 aromatic carbocycles. The minimum atomic E-state index is -0.560. The molecule has 4 rings (SSSR count). The SMILES string of the molecule is COCCCN1C(=O)C2=C(C(=O)C3CC(C)CC(C)C3O2)C1c1ccc(O)c(OC)c1. The zero-order chi connectivity index (χ0) is 22.3. The second-order valence-electron chi connectivity index (χ2n) is 9.03. The van der Waals surface area contributed by atoms with Crippen LogP contribution in [0.3, 0.4) is 0 Å². The standard InChI is InChI=1S/C24H31NO6/c1-13-10-14(2)22-16(11-13)21(27)19-20(15-6-7-17(26)18(12-15)30-4)25(8-5-9-29-3)24(28)23(19)31-22/h6-7,12-14,16,20,22,26H,5,8-11H2,1-4H3. The van der Waals surface area contributed by atoms with Gasteiger partial charge in [-0.15, -0.1) is 0 Å². The first kappa shape index (κ1) is 21.7. The third-order valence-corrected chi connectivity index (χ3v) is 6.80. The fourth-order valence-corrected chi connectivity index (χ4v) is 5.44. The van der Waals surface area contributed by atoms with Crippen LogP contribution in [0, 0.1) is 17.8 Å². The molecule has 2 heterocycles. The maximum atomic E-state index is 13.7. The number of Topliss-reactive ketones (excluding diaryl/α,β-unsaturated/α-hetero) is 1. The van der Waals surface area contributed by atoms with Crippen molar-refractivity contribution in [2.45, 2.75) is 45.3 Å². The number of hydrogen-bond donors (Lipinski definition) is 1. The first-order chi connectivity index (χ1) is 14.9. The third kappa shape index (κ3) is 3.69. The Morgan fingerprint density at radius 2 is 1.97 bits per heavy atom. The lowest BCUT2D eigenvalue weighted by molar-refractivity contribution is -0.139. The van der Waals surface area contributed by atoms with Crippen LogP contribution in [-0.2, 0) is 19.1 Å². The monoisotopic (exact) mass is 429 g/mol. The van der Waals surface area contributed by atoms with E-state index in [9.17, 15) is 14.7 Å². The summed E-state index contributed by atoms with van der Waals surface area (Å²) in [6.07, 6.45) is 2.15. The molecule has 0 saturated heterocycles. The lowest BCUT2D eigenvalue weighted by Crippen LogP contribution is -2.45. The van der Waals surface area contributed by atoms with Gasteiger partial charge >= 0.3 is 0 Å². The molecule has 5 unspecified atom stereocenters. The summed E-state index contributed by atoms with van der Waals surface area (Å²) in [4.78, 5) is 28.8. The van der Waals surface area contributed by atoms with E-state index >= 15 is 0 Å². The Bertz CT molecular complexity index is 909. The normalized spacial score (nSPS) is 30.2. The highest BCUT2D eigenvalue weighted by molar-refractivity contribution is 6.11. The summed E-state index contributed by atoms with van der Waals surface area (Å²) >= 11 is 0. The number of amides is 1. The van der Waals surface area contributed by atoms with E-state index in [1.54, 1.807) is 24.1 Å². The van der Waals surface area contributed by atoms with Crippen LogP contribution < -0.4 is 4.74 Å². The van der Waals surface area contributed by atoms with Crippen molar-refractivity contribution in [3.8, 4) is 11.5 Å². The van der Waals surface area contributed by atoms with Crippen molar-refractivity contribution in [2.75, 3.05) is 27.4 Å². The Morgan fingerprint density at radius 3 is 2.68 bits per heavy atom. The molecule has 0 spiro atoms. The summed E-state index contributed by atoms with van der Waals surface area (Å²) in [6.45, 7) is 5.22. The van der Waals surface area contributed by atoms with Crippen LogP contribution in [0.5, 0.6) is 11.5 Å². The number of phenols is 1. The molecule has 168 valence electrons. The lowest BCUT2D eigenvalue weighted by Gasteiger charge is -2.41. The summed E-state index contributed by atoms with van der Waals surface area (Å²) in [6, 6.07) is 4.40. The van der Waals surface area contributed by atoms with E-state index in [1.165, 1.54) is 13.2 Å². The van der Waals surface area contributed by atoms with Crippen LogP contribution in [0.15, 0.2) is 29.5 Å². The Kier molecular flexibility index (Phi) is 5.97. The molecule has 1 amide bonds. The molecule has 1 N–H and O–H groups in total. The van der Waals surface area contributed by atoms with Gasteiger partial charge in [0, 0.05) is 20.3 Å². The summed E-state index contributed by atoms with van der Waals surface area (Å²) in [5.41, 5.74) is 1.16. The largest absolute Gasteiger partial charge is 0.504 e. The molecular weight excluding hydrogens is 398 g/mol. The number of carbonyl (C=O) groups excluding carboxylic acids is 2. The fourth-order valence-electron chi connectivity index (χ4n) is 5.44. The van der Waals surface area contributed by atoms with Gasteiger partial charge in [-0.25, -0.2) is 0 Å². The maximum absolute atomic E-state index is 13.7. The number of ether oxygens (including phenoxy) is 3. The smallest absolute Gasteiger partial charge is 0.290 e. The Labute approximate surface area is 183 Å². The summed E-state index contributed by atoms with van der Waals surface area (Å²) in [5.74, 6) is 0.704. The van der Waals surface area contributed by atoms with Gasteiger partial charge < -0.3 is 24.2 Å². The van der Waals surface area contributed by atoms with Crippen molar-refractivity contribution in [3.63, 3.8) is 0 Å². The number of fused-ring (bicyclic) bond motifs is 1. The van der Waals surface area contributed by atoms with Gasteiger partial charge in [0.15, 0.2) is 23.0 Å². The van der Waals surface area contributed by atoms with Crippen LogP contribution in [0.25, 0.3) is 0 Å². The average Bonchev–Trinajstić information content (AvgIpc) is 3.02. The van der Waals surface area contributed by atoms with Crippen LogP contribution in [0.1, 0.15) is 44.7 Å². The van der Waals surface area contributed by atoms with E-state index in [0.29, 0.717) is 36.8 Å². The second-order valence-corrected chi connectivity index (χ2v) is 9.03. The van der Waals surface area contributed by atoms with Crippen molar-refractivity contribution >= 4 is 11.7 Å². The molecule has 1 saturated carbocycles. The first-order valence-corrected chi connectivity index (χ1v) is 11.0. The minimum absolute atomic E-state index is 0.0110. The van der Waals surface area contributed by atoms with Gasteiger partial charge in [0.05, 0.1) is 24.6 Å². The second kappa shape index (κ2) is 8.54. The molecular formula is C24H31NO6. The average molecular weight is 430 g/mol. The number of methoxy groups -OCH3 is 2. The van der Waals surface area contributed by atoms with E-state index in [2.05, 4.69) is 13.8 Å². The highest BCUT2D eigenvalue weighted by atomic mass is 16.5. The molecule has 1 aromatic rings. The van der Waals surface area contributed by atoms with E-state index in [4.69, 9.17) is 14.2 Å². The van der Waals surface area contributed by atoms with Gasteiger partial charge in [0.1, 0.15) is 6.10 Å². The molecule has 31 heavy (non-hydrogen) atoms. The number of ketones is 1. The maximum Gasteiger partial charge on any atom is 0.290 e. The topological polar surface area (TPSA) is 85.3 Å². The van der Waals surface area contributed by atoms with Gasteiger partial charge in [-0.3, -0.25) is 9.59 Å². The number of benzene rings is 1. The van der Waals surface area contributed by atoms with E-state index in [1.807, 2.05) is 0 Å². The van der Waals surface area contributed by atoms with Gasteiger partial charge in [-0.05, 0) is 48.8 Å². The van der Waals surface area contributed by atoms with Crippen molar-refractivity contribution < 1.29 is 28.9 Å². The zero-order valence-corrected chi connectivity index (χ0v) is 18.6. The molecule has 7 nitrogen and oxygen atoms in total. The number of aromatic hydroxyl groups is 1. The predicted molar refractivity (Wildman–Crippen MR) is 114 cm³/mol. The molecule has 0 bridgehead atoms. The Hall–Kier alpha value is -2.54. The van der Waals surface area contributed by atoms with E-state index < -0.39 is 6.04 Å². The van der Waals surface area contributed by atoms with E-state index in [0.717, 1.165) is 18.4 Å². The van der Waals surface area contributed by atoms with Crippen LogP contribution in [0.2, 0.25) is 0 Å². The molecule has 1 aliphatic carbocycles. The molecule has 2 aliphatic heterocycles. The molecule has 7 heteroatoms. The van der Waals surface area contributed by atoms with Crippen molar-refractivity contribution in [2.24, 2.45) is 17.8 Å². The zero-order valence-electron chi connectivity index (χ0n) is 18.6.